The number of carbonyl (C=O) groups is 1. The van der Waals surface area contributed by atoms with Crippen molar-refractivity contribution in [1.29, 1.82) is 0 Å². The van der Waals surface area contributed by atoms with E-state index in [1.54, 1.807) is 31.4 Å². The first kappa shape index (κ1) is 30.0. The van der Waals surface area contributed by atoms with Crippen molar-refractivity contribution in [1.82, 2.24) is 5.32 Å². The zero-order chi connectivity index (χ0) is 30.4. The van der Waals surface area contributed by atoms with Crippen molar-refractivity contribution in [3.63, 3.8) is 0 Å². The predicted molar refractivity (Wildman–Crippen MR) is 172 cm³/mol. The second-order valence-electron chi connectivity index (χ2n) is 10.1. The molecule has 2 N–H and O–H groups in total. The van der Waals surface area contributed by atoms with E-state index in [9.17, 15) is 4.79 Å². The first-order chi connectivity index (χ1) is 21.7. The largest absolute Gasteiger partial charge is 0.497 e. The van der Waals surface area contributed by atoms with Gasteiger partial charge in [0.1, 0.15) is 25.6 Å². The quantitative estimate of drug-likeness (QED) is 0.138. The summed E-state index contributed by atoms with van der Waals surface area (Å²) in [5.74, 6) is 2.42. The average Bonchev–Trinajstić information content (AvgIpc) is 3.07. The van der Waals surface area contributed by atoms with E-state index >= 15 is 0 Å². The number of amides is 2. The number of urea groups is 1. The van der Waals surface area contributed by atoms with Crippen molar-refractivity contribution in [3.05, 3.63) is 150 Å². The molecule has 0 aliphatic heterocycles. The van der Waals surface area contributed by atoms with E-state index in [1.807, 2.05) is 103 Å². The number of benzene rings is 5. The molecule has 44 heavy (non-hydrogen) atoms. The van der Waals surface area contributed by atoms with Crippen molar-refractivity contribution in [2.75, 3.05) is 19.0 Å². The molecule has 7 nitrogen and oxygen atoms in total. The van der Waals surface area contributed by atoms with Gasteiger partial charge >= 0.3 is 6.03 Å². The van der Waals surface area contributed by atoms with Gasteiger partial charge in [0.05, 0.1) is 7.11 Å². The molecule has 7 heteroatoms. The Balaban J connectivity index is 1.35. The van der Waals surface area contributed by atoms with Crippen molar-refractivity contribution < 1.29 is 23.7 Å². The lowest BCUT2D eigenvalue weighted by molar-refractivity contribution is 0.229. The fourth-order valence-electron chi connectivity index (χ4n) is 4.50. The number of hydrogen-bond donors (Lipinski definition) is 2. The van der Waals surface area contributed by atoms with E-state index in [0.29, 0.717) is 55.7 Å². The van der Waals surface area contributed by atoms with Crippen LogP contribution in [0.5, 0.6) is 23.0 Å². The van der Waals surface area contributed by atoms with E-state index in [2.05, 4.69) is 10.6 Å². The van der Waals surface area contributed by atoms with Gasteiger partial charge in [0.15, 0.2) is 11.5 Å². The van der Waals surface area contributed by atoms with Gasteiger partial charge in [-0.3, -0.25) is 0 Å². The molecule has 224 valence electrons. The highest BCUT2D eigenvalue weighted by molar-refractivity contribution is 5.89. The van der Waals surface area contributed by atoms with Crippen LogP contribution in [0.2, 0.25) is 0 Å². The minimum Gasteiger partial charge on any atom is -0.497 e. The van der Waals surface area contributed by atoms with Gasteiger partial charge in [-0.1, -0.05) is 91.0 Å². The van der Waals surface area contributed by atoms with Crippen LogP contribution in [0.4, 0.5) is 10.5 Å². The highest BCUT2D eigenvalue weighted by atomic mass is 16.5. The van der Waals surface area contributed by atoms with Crippen LogP contribution in [-0.2, 0) is 26.2 Å². The fourth-order valence-corrected chi connectivity index (χ4v) is 4.50. The maximum atomic E-state index is 12.6. The molecule has 0 heterocycles. The molecule has 0 fully saturated rings. The summed E-state index contributed by atoms with van der Waals surface area (Å²) < 4.78 is 24.3. The highest BCUT2D eigenvalue weighted by Gasteiger charge is 2.17. The molecule has 5 rings (SSSR count). The first-order valence-corrected chi connectivity index (χ1v) is 14.5. The summed E-state index contributed by atoms with van der Waals surface area (Å²) in [5.41, 5.74) is 4.72. The van der Waals surface area contributed by atoms with Gasteiger partial charge in [0.2, 0.25) is 5.75 Å². The van der Waals surface area contributed by atoms with Gasteiger partial charge in [-0.05, 0) is 65.1 Å². The minimum absolute atomic E-state index is 0.293. The van der Waals surface area contributed by atoms with Crippen molar-refractivity contribution in [2.24, 2.45) is 0 Å². The molecule has 0 unspecified atom stereocenters. The summed E-state index contributed by atoms with van der Waals surface area (Å²) in [5, 5.41) is 5.78. The van der Waals surface area contributed by atoms with Gasteiger partial charge in [-0.15, -0.1) is 0 Å². The van der Waals surface area contributed by atoms with Crippen LogP contribution in [0.3, 0.4) is 0 Å². The Bertz CT molecular complexity index is 1530. The van der Waals surface area contributed by atoms with Crippen LogP contribution in [0, 0.1) is 0 Å². The zero-order valence-corrected chi connectivity index (χ0v) is 24.7. The van der Waals surface area contributed by atoms with Gasteiger partial charge < -0.3 is 29.6 Å². The molecule has 0 atom stereocenters. The number of hydrogen-bond acceptors (Lipinski definition) is 5. The topological polar surface area (TPSA) is 78.1 Å². The van der Waals surface area contributed by atoms with Crippen molar-refractivity contribution in [2.45, 2.75) is 26.2 Å². The molecule has 0 aliphatic rings. The number of ether oxygens (including phenoxy) is 4. The van der Waals surface area contributed by atoms with Crippen LogP contribution in [0.1, 0.15) is 22.3 Å². The molecule has 0 bridgehead atoms. The number of carbonyl (C=O) groups excluding carboxylic acids is 1. The van der Waals surface area contributed by atoms with Crippen molar-refractivity contribution >= 4 is 11.7 Å². The Morgan fingerprint density at radius 2 is 1.07 bits per heavy atom. The zero-order valence-electron chi connectivity index (χ0n) is 24.7. The molecule has 0 saturated heterocycles. The Labute approximate surface area is 258 Å². The molecule has 0 radical (unpaired) electrons. The van der Waals surface area contributed by atoms with Gasteiger partial charge in [-0.2, -0.15) is 0 Å². The van der Waals surface area contributed by atoms with E-state index in [1.165, 1.54) is 0 Å². The Morgan fingerprint density at radius 3 is 1.55 bits per heavy atom. The lowest BCUT2D eigenvalue weighted by atomic mass is 10.1. The second kappa shape index (κ2) is 15.7. The maximum Gasteiger partial charge on any atom is 0.319 e. The summed E-state index contributed by atoms with van der Waals surface area (Å²) in [4.78, 5) is 12.6. The molecule has 0 aromatic heterocycles. The fraction of sp³-hybridized carbons (Fsp3) is 0.162. The molecule has 5 aromatic rings. The SMILES string of the molecule is COc1ccc(NC(=O)NCCc2cc(OCc3ccccc3)c(OCc3ccccc3)c(OCc3ccccc3)c2)cc1. The van der Waals surface area contributed by atoms with E-state index < -0.39 is 0 Å². The second-order valence-corrected chi connectivity index (χ2v) is 10.1. The highest BCUT2D eigenvalue weighted by Crippen LogP contribution is 2.40. The van der Waals surface area contributed by atoms with Crippen LogP contribution in [-0.4, -0.2) is 19.7 Å². The van der Waals surface area contributed by atoms with Crippen LogP contribution >= 0.6 is 0 Å². The number of nitrogens with one attached hydrogen (secondary N) is 2. The van der Waals surface area contributed by atoms with E-state index in [4.69, 9.17) is 18.9 Å². The molecule has 0 aliphatic carbocycles. The lowest BCUT2D eigenvalue weighted by Gasteiger charge is -2.19. The summed E-state index contributed by atoms with van der Waals surface area (Å²) >= 11 is 0. The van der Waals surface area contributed by atoms with Gasteiger partial charge in [0, 0.05) is 12.2 Å². The molecule has 5 aromatic carbocycles. The first-order valence-electron chi connectivity index (χ1n) is 14.5. The maximum absolute atomic E-state index is 12.6. The summed E-state index contributed by atoms with van der Waals surface area (Å²) in [7, 11) is 1.60. The smallest absolute Gasteiger partial charge is 0.319 e. The monoisotopic (exact) mass is 588 g/mol. The molecular formula is C37H36N2O5. The van der Waals surface area contributed by atoms with Crippen LogP contribution in [0.25, 0.3) is 0 Å². The van der Waals surface area contributed by atoms with Crippen molar-refractivity contribution in [3.8, 4) is 23.0 Å². The summed E-state index contributed by atoms with van der Waals surface area (Å²) in [6.45, 7) is 1.50. The van der Waals surface area contributed by atoms with Gasteiger partial charge in [0.25, 0.3) is 0 Å². The number of anilines is 1. The third-order valence-electron chi connectivity index (χ3n) is 6.83. The molecular weight excluding hydrogens is 552 g/mol. The summed E-state index contributed by atoms with van der Waals surface area (Å²) in [6.07, 6.45) is 0.554. The standard InChI is InChI=1S/C37H36N2O5/c1-41-33-19-17-32(18-20-33)39-37(40)38-22-21-31-23-34(42-25-28-11-5-2-6-12-28)36(44-27-30-15-9-4-10-16-30)35(24-31)43-26-29-13-7-3-8-14-29/h2-20,23-24H,21-22,25-27H2,1H3,(H2,38,39,40). The molecule has 0 saturated carbocycles. The predicted octanol–water partition coefficient (Wildman–Crippen LogP) is 7.80. The molecule has 2 amide bonds. The Hall–Kier alpha value is -5.43. The average molecular weight is 589 g/mol. The number of rotatable bonds is 14. The van der Waals surface area contributed by atoms with E-state index in [-0.39, 0.29) is 6.03 Å². The summed E-state index contributed by atoms with van der Waals surface area (Å²) in [6, 6.07) is 40.8. The third kappa shape index (κ3) is 9.03. The Kier molecular flexibility index (Phi) is 10.7. The van der Waals surface area contributed by atoms with Crippen LogP contribution in [0.15, 0.2) is 127 Å². The normalized spacial score (nSPS) is 10.5. The van der Waals surface area contributed by atoms with E-state index in [0.717, 1.165) is 28.0 Å². The van der Waals surface area contributed by atoms with Crippen LogP contribution < -0.4 is 29.6 Å². The third-order valence-corrected chi connectivity index (χ3v) is 6.83. The lowest BCUT2D eigenvalue weighted by Crippen LogP contribution is -2.30. The Morgan fingerprint density at radius 1 is 0.591 bits per heavy atom. The molecule has 0 spiro atoms. The minimum atomic E-state index is -0.293. The number of methoxy groups -OCH3 is 1. The van der Waals surface area contributed by atoms with Gasteiger partial charge in [-0.25, -0.2) is 4.79 Å².